The number of alkyl halides is 24. The van der Waals surface area contributed by atoms with Crippen molar-refractivity contribution in [3.63, 3.8) is 0 Å². The number of aliphatic hydroxyl groups is 3. The molecular formula is C51H72F24O9. The van der Waals surface area contributed by atoms with Crippen molar-refractivity contribution in [2.75, 3.05) is 19.8 Å². The zero-order valence-electron chi connectivity index (χ0n) is 47.5. The number of hydrogen-bond donors (Lipinski definition) is 3. The van der Waals surface area contributed by atoms with Crippen molar-refractivity contribution in [2.45, 2.75) is 229 Å². The van der Waals surface area contributed by atoms with Crippen LogP contribution < -0.4 is 0 Å². The Morgan fingerprint density at radius 1 is 0.464 bits per heavy atom. The van der Waals surface area contributed by atoms with Crippen molar-refractivity contribution < 1.29 is 149 Å². The molecule has 0 heterocycles. The third-order valence-corrected chi connectivity index (χ3v) is 15.7. The molecule has 84 heavy (non-hydrogen) atoms. The fraction of sp³-hybridized carbons (Fsp3) is 0.941. The van der Waals surface area contributed by atoms with E-state index in [2.05, 4.69) is 14.2 Å². The second-order valence-corrected chi connectivity index (χ2v) is 23.8. The van der Waals surface area contributed by atoms with Gasteiger partial charge in [0.1, 0.15) is 17.8 Å². The van der Waals surface area contributed by atoms with E-state index in [0.29, 0.717) is 20.8 Å². The first kappa shape index (κ1) is 78.6. The Bertz CT molecular complexity index is 2140. The van der Waals surface area contributed by atoms with Gasteiger partial charge in [-0.15, -0.1) is 0 Å². The van der Waals surface area contributed by atoms with Gasteiger partial charge in [0.05, 0.1) is 19.8 Å². The van der Waals surface area contributed by atoms with E-state index >= 15 is 0 Å². The standard InChI is InChI=1S/3C17H24F8O3/c1-9-5-11(16(21,22)15(20,7-9)14(4,18)19)12(26)28-8-10(2)6-13(3,27)17(23,24)25;1-5-10-6-11(16(21,22)15(10,20)14(4,18)19)12(26)28-8-9(2)7-13(3,27)17(23,24)25;1-5-10-6-11(16(21,22)14(4,18)15(10,19)20)12(26)28-8-9(2)7-13(3,27)17(23,24)25/h3*9-11,27H,5-8H2,1-4H3. The van der Waals surface area contributed by atoms with Gasteiger partial charge in [0.25, 0.3) is 23.7 Å². The molecule has 9 nitrogen and oxygen atoms in total. The number of esters is 3. The summed E-state index contributed by atoms with van der Waals surface area (Å²) in [6.45, 7) is 6.47. The Morgan fingerprint density at radius 2 is 0.750 bits per heavy atom. The number of hydrogen-bond acceptors (Lipinski definition) is 9. The lowest BCUT2D eigenvalue weighted by Crippen LogP contribution is -2.66. The highest BCUT2D eigenvalue weighted by Crippen LogP contribution is 2.62. The molecule has 0 aromatic heterocycles. The van der Waals surface area contributed by atoms with E-state index in [1.54, 1.807) is 0 Å². The van der Waals surface area contributed by atoms with Gasteiger partial charge in [-0.2, -0.15) is 39.5 Å². The van der Waals surface area contributed by atoms with Crippen molar-refractivity contribution >= 4 is 17.9 Å². The number of carbonyl (C=O) groups excluding carboxylic acids is 3. The predicted octanol–water partition coefficient (Wildman–Crippen LogP) is 14.7. The van der Waals surface area contributed by atoms with E-state index in [-0.39, 0.29) is 33.6 Å². The molecule has 0 aromatic rings. The van der Waals surface area contributed by atoms with Gasteiger partial charge in [-0.25, -0.2) is 65.9 Å². The Kier molecular flexibility index (Phi) is 24.3. The molecule has 15 unspecified atom stereocenters. The maximum atomic E-state index is 14.8. The summed E-state index contributed by atoms with van der Waals surface area (Å²) in [4.78, 5) is 36.1. The number of halogens is 24. The molecule has 498 valence electrons. The summed E-state index contributed by atoms with van der Waals surface area (Å²) < 4.78 is 340. The fourth-order valence-corrected chi connectivity index (χ4v) is 10.4. The maximum Gasteiger partial charge on any atom is 0.416 e. The second kappa shape index (κ2) is 26.0. The lowest BCUT2D eigenvalue weighted by molar-refractivity contribution is -0.305. The van der Waals surface area contributed by atoms with Gasteiger partial charge in [0.15, 0.2) is 16.8 Å². The van der Waals surface area contributed by atoms with Crippen LogP contribution in [0.25, 0.3) is 0 Å². The fourth-order valence-electron chi connectivity index (χ4n) is 10.4. The average molecular weight is 1290 g/mol. The largest absolute Gasteiger partial charge is 0.465 e. The molecule has 0 aromatic carbocycles. The lowest BCUT2D eigenvalue weighted by atomic mass is 9.67. The molecule has 0 amide bonds. The minimum absolute atomic E-state index is 0.00262. The molecule has 15 atom stereocenters. The van der Waals surface area contributed by atoms with E-state index in [0.717, 1.165) is 0 Å². The van der Waals surface area contributed by atoms with Crippen LogP contribution in [0.3, 0.4) is 0 Å². The molecule has 0 spiro atoms. The normalized spacial score (nSPS) is 32.0. The molecule has 3 saturated carbocycles. The van der Waals surface area contributed by atoms with Crippen molar-refractivity contribution in [3.05, 3.63) is 0 Å². The van der Waals surface area contributed by atoms with Crippen molar-refractivity contribution in [3.8, 4) is 0 Å². The van der Waals surface area contributed by atoms with Gasteiger partial charge in [-0.3, -0.25) is 14.4 Å². The third-order valence-electron chi connectivity index (χ3n) is 15.7. The van der Waals surface area contributed by atoms with Crippen molar-refractivity contribution in [1.82, 2.24) is 0 Å². The third kappa shape index (κ3) is 16.3. The Labute approximate surface area is 468 Å². The van der Waals surface area contributed by atoms with E-state index in [9.17, 15) is 135 Å². The second-order valence-electron chi connectivity index (χ2n) is 23.8. The quantitative estimate of drug-likeness (QED) is 0.0655. The summed E-state index contributed by atoms with van der Waals surface area (Å²) in [5.74, 6) is -47.7. The molecule has 0 saturated heterocycles. The smallest absolute Gasteiger partial charge is 0.416 e. The van der Waals surface area contributed by atoms with Crippen LogP contribution in [0, 0.1) is 53.3 Å². The minimum atomic E-state index is -4.96. The summed E-state index contributed by atoms with van der Waals surface area (Å²) in [6.07, 6.45) is -21.9. The molecule has 0 aliphatic heterocycles. The first-order valence-electron chi connectivity index (χ1n) is 26.1. The van der Waals surface area contributed by atoms with E-state index in [1.165, 1.54) is 41.5 Å². The average Bonchev–Trinajstić information content (AvgIpc) is 1.55. The van der Waals surface area contributed by atoms with Crippen LogP contribution in [0.2, 0.25) is 0 Å². The van der Waals surface area contributed by atoms with Crippen LogP contribution in [0.1, 0.15) is 141 Å². The molecule has 3 aliphatic rings. The highest BCUT2D eigenvalue weighted by molar-refractivity contribution is 5.75. The molecule has 33 heteroatoms. The first-order valence-corrected chi connectivity index (χ1v) is 26.1. The maximum absolute atomic E-state index is 14.8. The van der Waals surface area contributed by atoms with Gasteiger partial charge < -0.3 is 29.5 Å². The van der Waals surface area contributed by atoms with Crippen LogP contribution in [-0.2, 0) is 28.6 Å². The number of carbonyl (C=O) groups is 3. The van der Waals surface area contributed by atoms with Crippen molar-refractivity contribution in [2.24, 2.45) is 53.3 Å². The molecule has 3 fully saturated rings. The SMILES string of the molecule is CC(COC(=O)C1CC(C)CC(F)(C(C)(F)F)C1(F)F)CC(C)(O)C(F)(F)F.CCC1CC(C(=O)OCC(C)CC(C)(O)C(F)(F)F)C(F)(F)C(C)(F)C1(F)F.CCC1CC(C(=O)OCC(C)CC(C)(O)C(F)(F)F)C(F)(F)C1(F)C(C)(F)F. The summed E-state index contributed by atoms with van der Waals surface area (Å²) in [5.41, 5.74) is -22.1. The van der Waals surface area contributed by atoms with Crippen LogP contribution in [-0.4, -0.2) is 141 Å². The zero-order chi connectivity index (χ0) is 67.0. The summed E-state index contributed by atoms with van der Waals surface area (Å²) in [6, 6.07) is 0. The first-order chi connectivity index (χ1) is 36.9. The van der Waals surface area contributed by atoms with E-state index < -0.39 is 224 Å². The van der Waals surface area contributed by atoms with E-state index in [1.807, 2.05) is 0 Å². The molecular weight excluding hydrogens is 1210 g/mol. The molecule has 0 bridgehead atoms. The lowest BCUT2D eigenvalue weighted by Gasteiger charge is -2.48. The van der Waals surface area contributed by atoms with Gasteiger partial charge in [0, 0.05) is 25.7 Å². The number of rotatable bonds is 19. The molecule has 3 aliphatic carbocycles. The molecule has 3 rings (SSSR count). The predicted molar refractivity (Wildman–Crippen MR) is 248 cm³/mol. The topological polar surface area (TPSA) is 140 Å². The van der Waals surface area contributed by atoms with Crippen LogP contribution in [0.4, 0.5) is 105 Å². The summed E-state index contributed by atoms with van der Waals surface area (Å²) >= 11 is 0. The van der Waals surface area contributed by atoms with Gasteiger partial charge in [0.2, 0.25) is 17.0 Å². The highest BCUT2D eigenvalue weighted by Gasteiger charge is 2.80. The highest BCUT2D eigenvalue weighted by atomic mass is 19.4. The van der Waals surface area contributed by atoms with Gasteiger partial charge in [-0.1, -0.05) is 41.5 Å². The Balaban J connectivity index is 0.000000630. The van der Waals surface area contributed by atoms with Crippen molar-refractivity contribution in [1.29, 1.82) is 0 Å². The zero-order valence-corrected chi connectivity index (χ0v) is 47.5. The van der Waals surface area contributed by atoms with Crippen LogP contribution in [0.5, 0.6) is 0 Å². The summed E-state index contributed by atoms with van der Waals surface area (Å²) in [5, 5.41) is 28.2. The monoisotopic (exact) mass is 1280 g/mol. The van der Waals surface area contributed by atoms with Crippen LogP contribution in [0.15, 0.2) is 0 Å². The Hall–Kier alpha value is -3.39. The van der Waals surface area contributed by atoms with Crippen LogP contribution >= 0.6 is 0 Å². The number of ether oxygens (including phenoxy) is 3. The van der Waals surface area contributed by atoms with E-state index in [4.69, 9.17) is 0 Å². The molecule has 0 radical (unpaired) electrons. The molecule has 3 N–H and O–H groups in total. The van der Waals surface area contributed by atoms with Gasteiger partial charge >= 0.3 is 48.3 Å². The Morgan fingerprint density at radius 3 is 1.01 bits per heavy atom. The summed E-state index contributed by atoms with van der Waals surface area (Å²) in [7, 11) is 0. The minimum Gasteiger partial charge on any atom is -0.465 e. The van der Waals surface area contributed by atoms with Gasteiger partial charge in [-0.05, 0) is 109 Å².